The molecule has 1 heterocycles. The van der Waals surface area contributed by atoms with Gasteiger partial charge in [0.05, 0.1) is 12.1 Å². The number of nitrogens with zero attached hydrogens (tertiary/aromatic N) is 1. The van der Waals surface area contributed by atoms with Gasteiger partial charge in [0.15, 0.2) is 5.13 Å². The van der Waals surface area contributed by atoms with Gasteiger partial charge in [-0.25, -0.2) is 4.98 Å². The van der Waals surface area contributed by atoms with Gasteiger partial charge in [0, 0.05) is 11.9 Å². The zero-order valence-corrected chi connectivity index (χ0v) is 10.0. The van der Waals surface area contributed by atoms with Crippen LogP contribution in [0.5, 0.6) is 0 Å². The van der Waals surface area contributed by atoms with Crippen molar-refractivity contribution in [1.29, 1.82) is 0 Å². The Kier molecular flexibility index (Phi) is 3.68. The number of rotatable bonds is 4. The Balaban J connectivity index is 2.50. The van der Waals surface area contributed by atoms with Crippen LogP contribution in [0.2, 0.25) is 0 Å². The Hall–Kier alpha value is -1.10. The second-order valence-electron chi connectivity index (χ2n) is 4.63. The molecule has 0 aliphatic heterocycles. The van der Waals surface area contributed by atoms with E-state index in [0.717, 1.165) is 11.7 Å². The van der Waals surface area contributed by atoms with E-state index in [9.17, 15) is 4.79 Å². The smallest absolute Gasteiger partial charge is 0.309 e. The van der Waals surface area contributed by atoms with Crippen molar-refractivity contribution in [3.05, 3.63) is 11.1 Å². The van der Waals surface area contributed by atoms with E-state index in [1.807, 2.05) is 0 Å². The molecular formula is C10H16N2O2S. The highest BCUT2D eigenvalue weighted by Crippen LogP contribution is 2.19. The highest BCUT2D eigenvalue weighted by molar-refractivity contribution is 7.13. The molecule has 1 aromatic rings. The monoisotopic (exact) mass is 228 g/mol. The molecule has 0 bridgehead atoms. The molecule has 0 saturated heterocycles. The average Bonchev–Trinajstić information content (AvgIpc) is 2.46. The van der Waals surface area contributed by atoms with E-state index in [4.69, 9.17) is 5.11 Å². The lowest BCUT2D eigenvalue weighted by molar-refractivity contribution is -0.136. The van der Waals surface area contributed by atoms with Crippen LogP contribution >= 0.6 is 11.3 Å². The summed E-state index contributed by atoms with van der Waals surface area (Å²) in [6.07, 6.45) is -0.00625. The van der Waals surface area contributed by atoms with Gasteiger partial charge in [0.25, 0.3) is 0 Å². The summed E-state index contributed by atoms with van der Waals surface area (Å²) in [5, 5.41) is 14.3. The summed E-state index contributed by atoms with van der Waals surface area (Å²) in [5.41, 5.74) is 0.808. The number of aliphatic carboxylic acids is 1. The van der Waals surface area contributed by atoms with Crippen LogP contribution in [-0.4, -0.2) is 22.6 Å². The first-order valence-electron chi connectivity index (χ1n) is 4.77. The van der Waals surface area contributed by atoms with Gasteiger partial charge in [-0.3, -0.25) is 4.79 Å². The number of hydrogen-bond donors (Lipinski definition) is 2. The van der Waals surface area contributed by atoms with Crippen molar-refractivity contribution >= 4 is 22.4 Å². The van der Waals surface area contributed by atoms with Crippen LogP contribution in [0.4, 0.5) is 5.13 Å². The molecule has 0 aliphatic carbocycles. The van der Waals surface area contributed by atoms with Gasteiger partial charge in [-0.15, -0.1) is 11.3 Å². The molecule has 5 heteroatoms. The second kappa shape index (κ2) is 4.61. The number of aromatic nitrogens is 1. The third kappa shape index (κ3) is 4.78. The van der Waals surface area contributed by atoms with Crippen LogP contribution < -0.4 is 5.32 Å². The van der Waals surface area contributed by atoms with Gasteiger partial charge in [-0.2, -0.15) is 0 Å². The first-order chi connectivity index (χ1) is 6.87. The fourth-order valence-electron chi connectivity index (χ4n) is 0.965. The summed E-state index contributed by atoms with van der Waals surface area (Å²) < 4.78 is 0. The first kappa shape index (κ1) is 12.0. The van der Waals surface area contributed by atoms with Crippen molar-refractivity contribution < 1.29 is 9.90 Å². The first-order valence-corrected chi connectivity index (χ1v) is 5.65. The minimum atomic E-state index is -0.845. The predicted octanol–water partition coefficient (Wildman–Crippen LogP) is 2.23. The summed E-state index contributed by atoms with van der Waals surface area (Å²) in [7, 11) is 0. The van der Waals surface area contributed by atoms with Crippen molar-refractivity contribution in [3.63, 3.8) is 0 Å². The molecule has 0 fully saturated rings. The number of thiazole rings is 1. The molecular weight excluding hydrogens is 212 g/mol. The molecule has 4 nitrogen and oxygen atoms in total. The quantitative estimate of drug-likeness (QED) is 0.829. The van der Waals surface area contributed by atoms with E-state index in [2.05, 4.69) is 31.1 Å². The minimum Gasteiger partial charge on any atom is -0.481 e. The van der Waals surface area contributed by atoms with Gasteiger partial charge in [-0.05, 0) is 5.41 Å². The summed E-state index contributed by atoms with van der Waals surface area (Å²) >= 11 is 1.45. The van der Waals surface area contributed by atoms with Crippen molar-refractivity contribution in [2.75, 3.05) is 11.9 Å². The molecule has 0 spiro atoms. The van der Waals surface area contributed by atoms with Gasteiger partial charge in [-0.1, -0.05) is 20.8 Å². The normalized spacial score (nSPS) is 11.4. The van der Waals surface area contributed by atoms with E-state index in [0.29, 0.717) is 5.69 Å². The van der Waals surface area contributed by atoms with Crippen molar-refractivity contribution in [2.45, 2.75) is 27.2 Å². The maximum atomic E-state index is 10.4. The number of anilines is 1. The summed E-state index contributed by atoms with van der Waals surface area (Å²) in [6.45, 7) is 7.22. The Morgan fingerprint density at radius 2 is 2.27 bits per heavy atom. The van der Waals surface area contributed by atoms with E-state index in [1.165, 1.54) is 11.3 Å². The molecule has 0 amide bonds. The van der Waals surface area contributed by atoms with Crippen LogP contribution in [0.3, 0.4) is 0 Å². The third-order valence-corrected chi connectivity index (χ3v) is 2.50. The largest absolute Gasteiger partial charge is 0.481 e. The molecule has 0 unspecified atom stereocenters. The molecule has 1 rings (SSSR count). The molecule has 0 radical (unpaired) electrons. The second-order valence-corrected chi connectivity index (χ2v) is 5.49. The zero-order chi connectivity index (χ0) is 11.5. The number of carboxylic acid groups (broad SMARTS) is 1. The van der Waals surface area contributed by atoms with Gasteiger partial charge in [0.2, 0.25) is 0 Å². The number of hydrogen-bond acceptors (Lipinski definition) is 4. The molecule has 0 aromatic carbocycles. The average molecular weight is 228 g/mol. The maximum Gasteiger partial charge on any atom is 0.309 e. The van der Waals surface area contributed by atoms with Gasteiger partial charge in [0.1, 0.15) is 0 Å². The summed E-state index contributed by atoms with van der Waals surface area (Å²) in [4.78, 5) is 14.6. The summed E-state index contributed by atoms with van der Waals surface area (Å²) in [5.74, 6) is -0.845. The topological polar surface area (TPSA) is 62.2 Å². The minimum absolute atomic E-state index is 0.00625. The fourth-order valence-corrected chi connectivity index (χ4v) is 1.67. The fraction of sp³-hybridized carbons (Fsp3) is 0.600. The Bertz CT molecular complexity index is 341. The van der Waals surface area contributed by atoms with E-state index >= 15 is 0 Å². The Morgan fingerprint density at radius 3 is 2.80 bits per heavy atom. The Labute approximate surface area is 93.4 Å². The van der Waals surface area contributed by atoms with Crippen LogP contribution in [0.1, 0.15) is 26.5 Å². The van der Waals surface area contributed by atoms with E-state index in [1.54, 1.807) is 5.38 Å². The lowest BCUT2D eigenvalue weighted by Crippen LogP contribution is -2.18. The molecule has 2 N–H and O–H groups in total. The molecule has 1 aromatic heterocycles. The van der Waals surface area contributed by atoms with Crippen LogP contribution in [0.15, 0.2) is 5.38 Å². The van der Waals surface area contributed by atoms with E-state index in [-0.39, 0.29) is 11.8 Å². The SMILES string of the molecule is CC(C)(C)CNc1nc(CC(=O)O)cs1. The lowest BCUT2D eigenvalue weighted by Gasteiger charge is -2.17. The highest BCUT2D eigenvalue weighted by Gasteiger charge is 2.11. The number of carbonyl (C=O) groups is 1. The number of nitrogens with one attached hydrogen (secondary N) is 1. The Morgan fingerprint density at radius 1 is 1.60 bits per heavy atom. The highest BCUT2D eigenvalue weighted by atomic mass is 32.1. The number of carboxylic acids is 1. The van der Waals surface area contributed by atoms with Crippen molar-refractivity contribution in [2.24, 2.45) is 5.41 Å². The summed E-state index contributed by atoms with van der Waals surface area (Å²) in [6, 6.07) is 0. The van der Waals surface area contributed by atoms with Crippen molar-refractivity contribution in [3.8, 4) is 0 Å². The molecule has 84 valence electrons. The van der Waals surface area contributed by atoms with Crippen LogP contribution in [0, 0.1) is 5.41 Å². The maximum absolute atomic E-state index is 10.4. The predicted molar refractivity (Wildman–Crippen MR) is 61.4 cm³/mol. The van der Waals surface area contributed by atoms with E-state index < -0.39 is 5.97 Å². The van der Waals surface area contributed by atoms with Crippen LogP contribution in [0.25, 0.3) is 0 Å². The van der Waals surface area contributed by atoms with Gasteiger partial charge < -0.3 is 10.4 Å². The van der Waals surface area contributed by atoms with Crippen LogP contribution in [-0.2, 0) is 11.2 Å². The zero-order valence-electron chi connectivity index (χ0n) is 9.20. The van der Waals surface area contributed by atoms with Crippen molar-refractivity contribution in [1.82, 2.24) is 4.98 Å². The molecule has 0 saturated carbocycles. The van der Waals surface area contributed by atoms with Gasteiger partial charge >= 0.3 is 5.97 Å². The third-order valence-electron chi connectivity index (χ3n) is 1.65. The molecule has 0 atom stereocenters. The standard InChI is InChI=1S/C10H16N2O2S/c1-10(2,3)6-11-9-12-7(5-15-9)4-8(13)14/h5H,4,6H2,1-3H3,(H,11,12)(H,13,14). The molecule has 15 heavy (non-hydrogen) atoms. The molecule has 0 aliphatic rings. The lowest BCUT2D eigenvalue weighted by atomic mass is 9.97.